The van der Waals surface area contributed by atoms with Gasteiger partial charge in [0.2, 0.25) is 5.91 Å². The summed E-state index contributed by atoms with van der Waals surface area (Å²) >= 11 is 0. The first-order valence-electron chi connectivity index (χ1n) is 11.9. The van der Waals surface area contributed by atoms with Gasteiger partial charge >= 0.3 is 0 Å². The van der Waals surface area contributed by atoms with Gasteiger partial charge in [-0.25, -0.2) is 0 Å². The van der Waals surface area contributed by atoms with E-state index in [1.807, 2.05) is 59.5 Å². The lowest BCUT2D eigenvalue weighted by molar-refractivity contribution is -0.124. The number of benzene rings is 2. The topological polar surface area (TPSA) is 62.3 Å². The summed E-state index contributed by atoms with van der Waals surface area (Å²) in [5.41, 5.74) is 3.62. The molecule has 1 fully saturated rings. The fourth-order valence-electron chi connectivity index (χ4n) is 5.42. The van der Waals surface area contributed by atoms with Crippen LogP contribution < -0.4 is 5.32 Å². The monoisotopic (exact) mass is 439 g/mol. The average Bonchev–Trinajstić information content (AvgIpc) is 3.39. The summed E-state index contributed by atoms with van der Waals surface area (Å²) in [5.74, 6) is -0.457. The summed E-state index contributed by atoms with van der Waals surface area (Å²) in [6.45, 7) is 0.557. The normalized spacial score (nSPS) is 20.5. The van der Waals surface area contributed by atoms with Gasteiger partial charge in [0.05, 0.1) is 12.0 Å². The number of aromatic nitrogens is 1. The average molecular weight is 440 g/mol. The van der Waals surface area contributed by atoms with Crippen LogP contribution in [0.5, 0.6) is 0 Å². The van der Waals surface area contributed by atoms with Crippen LogP contribution >= 0.6 is 0 Å². The van der Waals surface area contributed by atoms with E-state index in [1.165, 1.54) is 5.56 Å². The summed E-state index contributed by atoms with van der Waals surface area (Å²) < 4.78 is 0. The number of nitrogens with one attached hydrogen (secondary N) is 1. The van der Waals surface area contributed by atoms with Gasteiger partial charge in [-0.05, 0) is 54.2 Å². The smallest absolute Gasteiger partial charge is 0.254 e. The molecule has 0 spiro atoms. The van der Waals surface area contributed by atoms with Crippen molar-refractivity contribution in [1.82, 2.24) is 15.2 Å². The Kier molecular flexibility index (Phi) is 6.20. The van der Waals surface area contributed by atoms with Gasteiger partial charge < -0.3 is 10.2 Å². The van der Waals surface area contributed by atoms with Gasteiger partial charge in [-0.2, -0.15) is 0 Å². The van der Waals surface area contributed by atoms with Gasteiger partial charge in [0, 0.05) is 30.5 Å². The molecule has 2 aliphatic rings. The first-order chi connectivity index (χ1) is 16.2. The Bertz CT molecular complexity index is 1110. The van der Waals surface area contributed by atoms with Crippen molar-refractivity contribution < 1.29 is 9.59 Å². The van der Waals surface area contributed by atoms with Gasteiger partial charge in [-0.1, -0.05) is 61.4 Å². The number of rotatable bonds is 6. The molecule has 0 saturated heterocycles. The number of amides is 2. The molecule has 3 aromatic rings. The zero-order valence-corrected chi connectivity index (χ0v) is 18.7. The molecule has 1 aromatic heterocycles. The van der Waals surface area contributed by atoms with E-state index in [1.54, 1.807) is 12.4 Å². The van der Waals surface area contributed by atoms with Crippen LogP contribution in [-0.4, -0.2) is 34.3 Å². The van der Waals surface area contributed by atoms with Crippen LogP contribution in [0, 0.1) is 0 Å². The highest BCUT2D eigenvalue weighted by Crippen LogP contribution is 2.45. The zero-order chi connectivity index (χ0) is 22.6. The van der Waals surface area contributed by atoms with Crippen molar-refractivity contribution in [3.63, 3.8) is 0 Å². The van der Waals surface area contributed by atoms with Crippen LogP contribution in [0.3, 0.4) is 0 Å². The Hall–Kier alpha value is -3.47. The molecule has 0 bridgehead atoms. The van der Waals surface area contributed by atoms with Crippen molar-refractivity contribution in [2.24, 2.45) is 0 Å². The number of hydrogen-bond acceptors (Lipinski definition) is 3. The molecule has 5 rings (SSSR count). The maximum Gasteiger partial charge on any atom is 0.254 e. The van der Waals surface area contributed by atoms with Gasteiger partial charge in [0.15, 0.2) is 0 Å². The molecular formula is C28H29N3O2. The van der Waals surface area contributed by atoms with Crippen LogP contribution in [0.1, 0.15) is 64.7 Å². The number of carbonyl (C=O) groups excluding carboxylic acids is 2. The fraction of sp³-hybridized carbons (Fsp3) is 0.321. The highest BCUT2D eigenvalue weighted by atomic mass is 16.2. The number of hydrogen-bond donors (Lipinski definition) is 1. The predicted molar refractivity (Wildman–Crippen MR) is 128 cm³/mol. The Balaban J connectivity index is 1.51. The zero-order valence-electron chi connectivity index (χ0n) is 18.7. The Morgan fingerprint density at radius 2 is 1.64 bits per heavy atom. The molecule has 2 amide bonds. The fourth-order valence-corrected chi connectivity index (χ4v) is 5.42. The second-order valence-electron chi connectivity index (χ2n) is 8.97. The highest BCUT2D eigenvalue weighted by Gasteiger charge is 2.46. The molecule has 2 atom stereocenters. The lowest BCUT2D eigenvalue weighted by Crippen LogP contribution is -2.51. The quantitative estimate of drug-likeness (QED) is 0.607. The Labute approximate surface area is 194 Å². The van der Waals surface area contributed by atoms with E-state index in [-0.39, 0.29) is 23.9 Å². The molecule has 1 saturated carbocycles. The minimum Gasteiger partial charge on any atom is -0.355 e. The summed E-state index contributed by atoms with van der Waals surface area (Å²) in [4.78, 5) is 33.7. The minimum absolute atomic E-state index is 0.0318. The molecule has 5 heteroatoms. The van der Waals surface area contributed by atoms with Crippen molar-refractivity contribution in [1.29, 1.82) is 0 Å². The summed E-state index contributed by atoms with van der Waals surface area (Å²) in [5, 5.41) is 3.17. The number of carbonyl (C=O) groups is 2. The van der Waals surface area contributed by atoms with Crippen molar-refractivity contribution >= 4 is 11.8 Å². The number of fused-ring (bicyclic) bond motifs is 1. The largest absolute Gasteiger partial charge is 0.355 e. The molecule has 0 radical (unpaired) electrons. The third kappa shape index (κ3) is 4.28. The first-order valence-corrected chi connectivity index (χ1v) is 11.9. The maximum absolute atomic E-state index is 13.7. The standard InChI is InChI=1S/C28H29N3O2/c32-27(30-19-14-20-8-2-1-3-9-20)25-23-12-6-7-13-24(23)28(33)31(22-10-4-5-11-22)26(25)21-15-17-29-18-16-21/h1-3,6-9,12-13,15-18,22,25-26H,4-5,10-11,14,19H2,(H,30,32)/t25-,26+/m1/s1. The van der Waals surface area contributed by atoms with Gasteiger partial charge in [-0.15, -0.1) is 0 Å². The molecule has 1 aliphatic heterocycles. The van der Waals surface area contributed by atoms with Crippen LogP contribution in [-0.2, 0) is 11.2 Å². The third-order valence-electron chi connectivity index (χ3n) is 6.98. The van der Waals surface area contributed by atoms with Crippen molar-refractivity contribution in [3.8, 4) is 0 Å². The molecule has 2 heterocycles. The summed E-state index contributed by atoms with van der Waals surface area (Å²) in [6, 6.07) is 21.5. The van der Waals surface area contributed by atoms with Crippen LogP contribution in [0.15, 0.2) is 79.1 Å². The predicted octanol–water partition coefficient (Wildman–Crippen LogP) is 4.66. The third-order valence-corrected chi connectivity index (χ3v) is 6.98. The molecule has 33 heavy (non-hydrogen) atoms. The highest BCUT2D eigenvalue weighted by molar-refractivity contribution is 6.01. The Morgan fingerprint density at radius 3 is 2.39 bits per heavy atom. The molecule has 1 aliphatic carbocycles. The molecule has 168 valence electrons. The summed E-state index contributed by atoms with van der Waals surface area (Å²) in [6.07, 6.45) is 8.47. The van der Waals surface area contributed by atoms with Gasteiger partial charge in [-0.3, -0.25) is 14.6 Å². The van der Waals surface area contributed by atoms with Crippen LogP contribution in [0.2, 0.25) is 0 Å². The molecule has 5 nitrogen and oxygen atoms in total. The van der Waals surface area contributed by atoms with Gasteiger partial charge in [0.1, 0.15) is 0 Å². The van der Waals surface area contributed by atoms with Crippen molar-refractivity contribution in [3.05, 3.63) is 101 Å². The lowest BCUT2D eigenvalue weighted by atomic mass is 9.78. The number of nitrogens with zero attached hydrogens (tertiary/aromatic N) is 2. The van der Waals surface area contributed by atoms with Crippen LogP contribution in [0.25, 0.3) is 0 Å². The minimum atomic E-state index is -0.460. The lowest BCUT2D eigenvalue weighted by Gasteiger charge is -2.44. The van der Waals surface area contributed by atoms with E-state index in [9.17, 15) is 9.59 Å². The second-order valence-corrected chi connectivity index (χ2v) is 8.97. The van der Waals surface area contributed by atoms with E-state index in [4.69, 9.17) is 0 Å². The number of pyridine rings is 1. The molecule has 0 unspecified atom stereocenters. The van der Waals surface area contributed by atoms with E-state index >= 15 is 0 Å². The Morgan fingerprint density at radius 1 is 0.939 bits per heavy atom. The molecule has 1 N–H and O–H groups in total. The van der Waals surface area contributed by atoms with Gasteiger partial charge in [0.25, 0.3) is 5.91 Å². The summed E-state index contributed by atoms with van der Waals surface area (Å²) in [7, 11) is 0. The SMILES string of the molecule is O=C(NCCc1ccccc1)[C@@H]1c2ccccc2C(=O)N(C2CCCC2)[C@H]1c1ccncc1. The van der Waals surface area contributed by atoms with Crippen molar-refractivity contribution in [2.45, 2.75) is 50.1 Å². The molecule has 2 aromatic carbocycles. The molecular weight excluding hydrogens is 410 g/mol. The van der Waals surface area contributed by atoms with E-state index in [0.717, 1.165) is 43.2 Å². The van der Waals surface area contributed by atoms with E-state index in [2.05, 4.69) is 22.4 Å². The second kappa shape index (κ2) is 9.57. The van der Waals surface area contributed by atoms with Crippen LogP contribution in [0.4, 0.5) is 0 Å². The van der Waals surface area contributed by atoms with Crippen molar-refractivity contribution in [2.75, 3.05) is 6.54 Å². The maximum atomic E-state index is 13.7. The van der Waals surface area contributed by atoms with E-state index < -0.39 is 5.92 Å². The van der Waals surface area contributed by atoms with E-state index in [0.29, 0.717) is 12.1 Å². The first kappa shape index (κ1) is 21.4.